The monoisotopic (exact) mass is 367 g/mol. The molecule has 1 aromatic carbocycles. The van der Waals surface area contributed by atoms with Crippen LogP contribution in [0.4, 0.5) is 13.2 Å². The molecule has 132 valence electrons. The van der Waals surface area contributed by atoms with Crippen molar-refractivity contribution in [1.29, 1.82) is 0 Å². The molecule has 0 saturated carbocycles. The van der Waals surface area contributed by atoms with Gasteiger partial charge in [-0.05, 0) is 37.6 Å². The number of halogens is 3. The number of aryl methyl sites for hydroxylation is 2. The van der Waals surface area contributed by atoms with E-state index in [1.165, 1.54) is 23.5 Å². The number of carbonyl (C=O) groups excluding carboxylic acids is 1. The fourth-order valence-electron chi connectivity index (χ4n) is 2.63. The van der Waals surface area contributed by atoms with Gasteiger partial charge in [0.25, 0.3) is 5.91 Å². The number of benzene rings is 1. The van der Waals surface area contributed by atoms with Crippen LogP contribution in [0.1, 0.15) is 39.5 Å². The van der Waals surface area contributed by atoms with E-state index in [-0.39, 0.29) is 5.91 Å². The first-order chi connectivity index (χ1) is 11.7. The van der Waals surface area contributed by atoms with Gasteiger partial charge in [-0.3, -0.25) is 9.48 Å². The number of carbonyl (C=O) groups is 1. The highest BCUT2D eigenvalue weighted by Gasteiger charge is 2.30. The van der Waals surface area contributed by atoms with Crippen LogP contribution in [0, 0.1) is 6.92 Å². The SMILES string of the molecule is Cc1nn(C)c2sc(C(=O)NC(C)c3ccc(C(F)(F)F)cc3)cc12. The Hall–Kier alpha value is -2.35. The Labute approximate surface area is 146 Å². The first-order valence-electron chi connectivity index (χ1n) is 7.58. The second kappa shape index (κ2) is 6.18. The first-order valence-corrected chi connectivity index (χ1v) is 8.39. The maximum absolute atomic E-state index is 12.6. The van der Waals surface area contributed by atoms with Crippen molar-refractivity contribution in [2.75, 3.05) is 0 Å². The van der Waals surface area contributed by atoms with E-state index in [2.05, 4.69) is 10.4 Å². The molecule has 4 nitrogen and oxygen atoms in total. The molecule has 1 unspecified atom stereocenters. The fraction of sp³-hybridized carbons (Fsp3) is 0.294. The smallest absolute Gasteiger partial charge is 0.345 e. The third-order valence-corrected chi connectivity index (χ3v) is 5.21. The van der Waals surface area contributed by atoms with E-state index in [1.54, 1.807) is 17.7 Å². The molecular weight excluding hydrogens is 351 g/mol. The summed E-state index contributed by atoms with van der Waals surface area (Å²) in [5.41, 5.74) is 0.756. The fourth-order valence-corrected chi connectivity index (χ4v) is 3.66. The van der Waals surface area contributed by atoms with E-state index in [4.69, 9.17) is 0 Å². The van der Waals surface area contributed by atoms with Crippen molar-refractivity contribution in [3.05, 3.63) is 52.0 Å². The molecule has 1 N–H and O–H groups in total. The molecule has 0 bridgehead atoms. The van der Waals surface area contributed by atoms with Gasteiger partial charge in [0.15, 0.2) is 0 Å². The highest BCUT2D eigenvalue weighted by atomic mass is 32.1. The lowest BCUT2D eigenvalue weighted by molar-refractivity contribution is -0.137. The zero-order valence-electron chi connectivity index (χ0n) is 13.8. The number of alkyl halides is 3. The van der Waals surface area contributed by atoms with Crippen molar-refractivity contribution < 1.29 is 18.0 Å². The van der Waals surface area contributed by atoms with Crippen LogP contribution in [-0.2, 0) is 13.2 Å². The summed E-state index contributed by atoms with van der Waals surface area (Å²) in [7, 11) is 1.82. The van der Waals surface area contributed by atoms with Gasteiger partial charge in [-0.15, -0.1) is 11.3 Å². The maximum atomic E-state index is 12.6. The summed E-state index contributed by atoms with van der Waals surface area (Å²) >= 11 is 1.34. The molecule has 3 rings (SSSR count). The molecular formula is C17H16F3N3OS. The largest absolute Gasteiger partial charge is 0.416 e. The van der Waals surface area contributed by atoms with Crippen LogP contribution in [0.2, 0.25) is 0 Å². The number of nitrogens with one attached hydrogen (secondary N) is 1. The number of thiophene rings is 1. The van der Waals surface area contributed by atoms with Crippen molar-refractivity contribution in [2.24, 2.45) is 7.05 Å². The average Bonchev–Trinajstić information content (AvgIpc) is 3.09. The normalized spacial score (nSPS) is 13.2. The molecule has 0 saturated heterocycles. The highest BCUT2D eigenvalue weighted by Crippen LogP contribution is 2.30. The minimum Gasteiger partial charge on any atom is -0.345 e. The van der Waals surface area contributed by atoms with Gasteiger partial charge in [0.05, 0.1) is 22.2 Å². The number of hydrogen-bond donors (Lipinski definition) is 1. The number of nitrogens with zero attached hydrogens (tertiary/aromatic N) is 2. The zero-order chi connectivity index (χ0) is 18.4. The summed E-state index contributed by atoms with van der Waals surface area (Å²) in [6.45, 7) is 3.61. The molecule has 2 heterocycles. The Balaban J connectivity index is 1.76. The molecule has 25 heavy (non-hydrogen) atoms. The predicted molar refractivity (Wildman–Crippen MR) is 90.7 cm³/mol. The van der Waals surface area contributed by atoms with Crippen LogP contribution in [0.3, 0.4) is 0 Å². The second-order valence-corrected chi connectivity index (χ2v) is 6.88. The molecule has 2 aromatic heterocycles. The van der Waals surface area contributed by atoms with Gasteiger partial charge in [0.2, 0.25) is 0 Å². The molecule has 1 atom stereocenters. The van der Waals surface area contributed by atoms with Crippen LogP contribution in [-0.4, -0.2) is 15.7 Å². The predicted octanol–water partition coefficient (Wildman–Crippen LogP) is 4.45. The highest BCUT2D eigenvalue weighted by molar-refractivity contribution is 7.20. The summed E-state index contributed by atoms with van der Waals surface area (Å²) in [6.07, 6.45) is -4.37. The van der Waals surface area contributed by atoms with Crippen molar-refractivity contribution in [3.63, 3.8) is 0 Å². The number of aromatic nitrogens is 2. The quantitative estimate of drug-likeness (QED) is 0.743. The van der Waals surface area contributed by atoms with Crippen LogP contribution >= 0.6 is 11.3 Å². The number of hydrogen-bond acceptors (Lipinski definition) is 3. The van der Waals surface area contributed by atoms with E-state index in [0.29, 0.717) is 10.4 Å². The Morgan fingerprint density at radius 3 is 2.48 bits per heavy atom. The average molecular weight is 367 g/mol. The Morgan fingerprint density at radius 2 is 1.92 bits per heavy atom. The number of amides is 1. The maximum Gasteiger partial charge on any atom is 0.416 e. The number of rotatable bonds is 3. The zero-order valence-corrected chi connectivity index (χ0v) is 14.6. The molecule has 1 amide bonds. The van der Waals surface area contributed by atoms with Gasteiger partial charge < -0.3 is 5.32 Å². The second-order valence-electron chi connectivity index (χ2n) is 5.85. The van der Waals surface area contributed by atoms with Crippen molar-refractivity contribution >= 4 is 27.5 Å². The molecule has 3 aromatic rings. The van der Waals surface area contributed by atoms with Gasteiger partial charge in [0, 0.05) is 12.4 Å². The Bertz CT molecular complexity index is 891. The Kier molecular flexibility index (Phi) is 4.32. The van der Waals surface area contributed by atoms with Crippen LogP contribution in [0.5, 0.6) is 0 Å². The lowest BCUT2D eigenvalue weighted by Gasteiger charge is -2.15. The lowest BCUT2D eigenvalue weighted by atomic mass is 10.1. The van der Waals surface area contributed by atoms with Crippen LogP contribution in [0.25, 0.3) is 10.2 Å². The lowest BCUT2D eigenvalue weighted by Crippen LogP contribution is -2.25. The van der Waals surface area contributed by atoms with Crippen molar-refractivity contribution in [3.8, 4) is 0 Å². The van der Waals surface area contributed by atoms with Crippen LogP contribution in [0.15, 0.2) is 30.3 Å². The van der Waals surface area contributed by atoms with Crippen molar-refractivity contribution in [1.82, 2.24) is 15.1 Å². The standard InChI is InChI=1S/C17H16F3N3OS/c1-9(11-4-6-12(7-5-11)17(18,19)20)21-15(24)14-8-13-10(2)22-23(3)16(13)25-14/h4-9H,1-3H3,(H,21,24). The van der Waals surface area contributed by atoms with Gasteiger partial charge in [-0.1, -0.05) is 12.1 Å². The van der Waals surface area contributed by atoms with Gasteiger partial charge in [-0.2, -0.15) is 18.3 Å². The minimum atomic E-state index is -4.37. The molecule has 8 heteroatoms. The molecule has 0 spiro atoms. The molecule has 0 aliphatic rings. The summed E-state index contributed by atoms with van der Waals surface area (Å²) in [4.78, 5) is 13.9. The van der Waals surface area contributed by atoms with Gasteiger partial charge in [-0.25, -0.2) is 0 Å². The summed E-state index contributed by atoms with van der Waals surface area (Å²) in [6, 6.07) is 6.19. The van der Waals surface area contributed by atoms with Gasteiger partial charge in [0.1, 0.15) is 4.83 Å². The first kappa shape index (κ1) is 17.5. The molecule has 0 fully saturated rings. The van der Waals surface area contributed by atoms with Gasteiger partial charge >= 0.3 is 6.18 Å². The van der Waals surface area contributed by atoms with E-state index >= 15 is 0 Å². The third-order valence-electron chi connectivity index (χ3n) is 4.01. The molecule has 0 aliphatic heterocycles. The van der Waals surface area contributed by atoms with E-state index in [1.807, 2.05) is 14.0 Å². The molecule has 0 aliphatic carbocycles. The minimum absolute atomic E-state index is 0.256. The Morgan fingerprint density at radius 1 is 1.28 bits per heavy atom. The number of fused-ring (bicyclic) bond motifs is 1. The van der Waals surface area contributed by atoms with E-state index in [0.717, 1.165) is 28.0 Å². The third kappa shape index (κ3) is 3.39. The summed E-state index contributed by atoms with van der Waals surface area (Å²) in [5, 5.41) is 8.04. The van der Waals surface area contributed by atoms with Crippen LogP contribution < -0.4 is 5.32 Å². The van der Waals surface area contributed by atoms with Crippen molar-refractivity contribution in [2.45, 2.75) is 26.1 Å². The summed E-state index contributed by atoms with van der Waals surface area (Å²) < 4.78 is 39.6. The van der Waals surface area contributed by atoms with E-state index < -0.39 is 17.8 Å². The summed E-state index contributed by atoms with van der Waals surface area (Å²) in [5.74, 6) is -0.256. The van der Waals surface area contributed by atoms with E-state index in [9.17, 15) is 18.0 Å². The topological polar surface area (TPSA) is 46.9 Å². The molecule has 0 radical (unpaired) electrons.